The van der Waals surface area contributed by atoms with Crippen LogP contribution < -0.4 is 4.90 Å². The molecule has 1 saturated heterocycles. The lowest BCUT2D eigenvalue weighted by atomic mass is 9.99. The number of aryl methyl sites for hydroxylation is 1. The molecular formula is C14H16N4O. The van der Waals surface area contributed by atoms with Crippen molar-refractivity contribution >= 4 is 5.82 Å². The van der Waals surface area contributed by atoms with Gasteiger partial charge >= 0.3 is 0 Å². The lowest BCUT2D eigenvalue weighted by Gasteiger charge is -2.29. The summed E-state index contributed by atoms with van der Waals surface area (Å²) in [5, 5.41) is 18.6. The Morgan fingerprint density at radius 2 is 1.84 bits per heavy atom. The largest absolute Gasteiger partial charge is 0.378 e. The molecule has 0 bridgehead atoms. The highest BCUT2D eigenvalue weighted by atomic mass is 16.5. The number of ether oxygens (including phenoxy) is 1. The van der Waals surface area contributed by atoms with E-state index in [4.69, 9.17) is 4.74 Å². The first kappa shape index (κ1) is 13.3. The first-order valence-corrected chi connectivity index (χ1v) is 6.39. The molecule has 0 aliphatic carbocycles. The van der Waals surface area contributed by atoms with Crippen LogP contribution in [0.3, 0.4) is 0 Å². The molecule has 1 aromatic rings. The Hall–Kier alpha value is -2.11. The highest BCUT2D eigenvalue weighted by molar-refractivity contribution is 5.63. The van der Waals surface area contributed by atoms with E-state index in [1.807, 2.05) is 13.8 Å². The van der Waals surface area contributed by atoms with E-state index in [0.717, 1.165) is 18.7 Å². The molecule has 0 amide bonds. The van der Waals surface area contributed by atoms with Crippen molar-refractivity contribution in [2.45, 2.75) is 20.3 Å². The zero-order chi connectivity index (χ0) is 13.8. The first-order valence-electron chi connectivity index (χ1n) is 6.39. The average molecular weight is 256 g/mol. The summed E-state index contributed by atoms with van der Waals surface area (Å²) in [6.45, 7) is 6.54. The van der Waals surface area contributed by atoms with Crippen LogP contribution in [0.5, 0.6) is 0 Å². The third-order valence-corrected chi connectivity index (χ3v) is 3.35. The van der Waals surface area contributed by atoms with Crippen molar-refractivity contribution in [2.24, 2.45) is 0 Å². The molecule has 0 spiro atoms. The second-order valence-corrected chi connectivity index (χ2v) is 4.43. The van der Waals surface area contributed by atoms with Crippen molar-refractivity contribution < 1.29 is 4.74 Å². The van der Waals surface area contributed by atoms with Gasteiger partial charge in [0, 0.05) is 13.1 Å². The van der Waals surface area contributed by atoms with Crippen molar-refractivity contribution in [1.29, 1.82) is 10.5 Å². The Kier molecular flexibility index (Phi) is 3.99. The molecule has 0 atom stereocenters. The molecule has 0 radical (unpaired) electrons. The molecule has 0 unspecified atom stereocenters. The quantitative estimate of drug-likeness (QED) is 0.802. The van der Waals surface area contributed by atoms with Crippen LogP contribution in [0.4, 0.5) is 5.82 Å². The molecule has 0 aromatic carbocycles. The van der Waals surface area contributed by atoms with Crippen LogP contribution in [0.1, 0.15) is 29.3 Å². The average Bonchev–Trinajstić information content (AvgIpc) is 2.46. The summed E-state index contributed by atoms with van der Waals surface area (Å²) in [5.41, 5.74) is 2.57. The highest BCUT2D eigenvalue weighted by Crippen LogP contribution is 2.27. The van der Waals surface area contributed by atoms with Crippen LogP contribution in [0.2, 0.25) is 0 Å². The van der Waals surface area contributed by atoms with Gasteiger partial charge in [0.2, 0.25) is 0 Å². The Bertz CT molecular complexity index is 562. The lowest BCUT2D eigenvalue weighted by molar-refractivity contribution is 0.122. The van der Waals surface area contributed by atoms with Gasteiger partial charge in [-0.15, -0.1) is 0 Å². The van der Waals surface area contributed by atoms with E-state index in [-0.39, 0.29) is 0 Å². The van der Waals surface area contributed by atoms with Gasteiger partial charge in [-0.25, -0.2) is 4.98 Å². The fraction of sp³-hybridized carbons (Fsp3) is 0.500. The van der Waals surface area contributed by atoms with Gasteiger partial charge in [-0.1, -0.05) is 6.92 Å². The van der Waals surface area contributed by atoms with Crippen molar-refractivity contribution in [1.82, 2.24) is 4.98 Å². The maximum atomic E-state index is 9.41. The van der Waals surface area contributed by atoms with Gasteiger partial charge in [0.05, 0.1) is 30.0 Å². The maximum Gasteiger partial charge on any atom is 0.147 e. The Morgan fingerprint density at radius 1 is 1.21 bits per heavy atom. The molecule has 2 rings (SSSR count). The van der Waals surface area contributed by atoms with Crippen LogP contribution in [0.25, 0.3) is 0 Å². The monoisotopic (exact) mass is 256 g/mol. The van der Waals surface area contributed by atoms with E-state index in [1.165, 1.54) is 0 Å². The number of aromatic nitrogens is 1. The first-order chi connectivity index (χ1) is 9.22. The molecule has 0 N–H and O–H groups in total. The Labute approximate surface area is 113 Å². The summed E-state index contributed by atoms with van der Waals surface area (Å²) in [6, 6.07) is 4.38. The number of anilines is 1. The van der Waals surface area contributed by atoms with Gasteiger partial charge < -0.3 is 9.64 Å². The summed E-state index contributed by atoms with van der Waals surface area (Å²) in [7, 11) is 0. The SMILES string of the molecule is CCc1c(C#N)c(C)nc(N2CCOCC2)c1C#N. The van der Waals surface area contributed by atoms with Crippen molar-refractivity contribution in [3.05, 3.63) is 22.4 Å². The summed E-state index contributed by atoms with van der Waals surface area (Å²) < 4.78 is 5.32. The number of nitrogens with zero attached hydrogens (tertiary/aromatic N) is 4. The number of nitriles is 2. The van der Waals surface area contributed by atoms with E-state index in [9.17, 15) is 10.5 Å². The third-order valence-electron chi connectivity index (χ3n) is 3.35. The fourth-order valence-corrected chi connectivity index (χ4v) is 2.37. The van der Waals surface area contributed by atoms with Gasteiger partial charge in [-0.3, -0.25) is 0 Å². The van der Waals surface area contributed by atoms with Crippen LogP contribution in [-0.4, -0.2) is 31.3 Å². The van der Waals surface area contributed by atoms with Gasteiger partial charge in [0.15, 0.2) is 0 Å². The smallest absolute Gasteiger partial charge is 0.147 e. The summed E-state index contributed by atoms with van der Waals surface area (Å²) in [6.07, 6.45) is 0.659. The van der Waals surface area contributed by atoms with Gasteiger partial charge in [0.1, 0.15) is 18.0 Å². The summed E-state index contributed by atoms with van der Waals surface area (Å²) >= 11 is 0. The van der Waals surface area contributed by atoms with Crippen LogP contribution in [0, 0.1) is 29.6 Å². The Balaban J connectivity index is 2.58. The molecule has 1 aliphatic heterocycles. The van der Waals surface area contributed by atoms with Crippen molar-refractivity contribution in [3.63, 3.8) is 0 Å². The normalized spacial score (nSPS) is 14.8. The molecule has 19 heavy (non-hydrogen) atoms. The molecule has 2 heterocycles. The van der Waals surface area contributed by atoms with E-state index in [2.05, 4.69) is 22.0 Å². The number of pyridine rings is 1. The molecular weight excluding hydrogens is 240 g/mol. The fourth-order valence-electron chi connectivity index (χ4n) is 2.37. The van der Waals surface area contributed by atoms with Gasteiger partial charge in [0.25, 0.3) is 0 Å². The molecule has 5 nitrogen and oxygen atoms in total. The predicted molar refractivity (Wildman–Crippen MR) is 70.8 cm³/mol. The van der Waals surface area contributed by atoms with E-state index in [1.54, 1.807) is 0 Å². The Morgan fingerprint density at radius 3 is 2.37 bits per heavy atom. The number of hydrogen-bond acceptors (Lipinski definition) is 5. The predicted octanol–water partition coefficient (Wildman–Crippen LogP) is 1.53. The standard InChI is InChI=1S/C14H16N4O/c1-3-11-12(8-15)10(2)17-14(13(11)9-16)18-4-6-19-7-5-18/h3-7H2,1-2H3. The van der Waals surface area contributed by atoms with Crippen molar-refractivity contribution in [2.75, 3.05) is 31.2 Å². The van der Waals surface area contributed by atoms with Gasteiger partial charge in [-0.2, -0.15) is 10.5 Å². The number of rotatable bonds is 2. The third kappa shape index (κ3) is 2.38. The molecule has 98 valence electrons. The van der Waals surface area contributed by atoms with Crippen LogP contribution in [0.15, 0.2) is 0 Å². The van der Waals surface area contributed by atoms with E-state index >= 15 is 0 Å². The topological polar surface area (TPSA) is 72.9 Å². The summed E-state index contributed by atoms with van der Waals surface area (Å²) in [5.74, 6) is 0.694. The molecule has 1 aliphatic rings. The minimum absolute atomic E-state index is 0.534. The zero-order valence-corrected chi connectivity index (χ0v) is 11.2. The molecule has 1 aromatic heterocycles. The van der Waals surface area contributed by atoms with Crippen LogP contribution >= 0.6 is 0 Å². The summed E-state index contributed by atoms with van der Waals surface area (Å²) in [4.78, 5) is 6.54. The maximum absolute atomic E-state index is 9.41. The second kappa shape index (κ2) is 5.69. The van der Waals surface area contributed by atoms with Crippen molar-refractivity contribution in [3.8, 4) is 12.1 Å². The lowest BCUT2D eigenvalue weighted by Crippen LogP contribution is -2.37. The highest BCUT2D eigenvalue weighted by Gasteiger charge is 2.22. The minimum atomic E-state index is 0.534. The zero-order valence-electron chi connectivity index (χ0n) is 11.2. The number of hydrogen-bond donors (Lipinski definition) is 0. The molecule has 5 heteroatoms. The van der Waals surface area contributed by atoms with E-state index in [0.29, 0.717) is 42.3 Å². The minimum Gasteiger partial charge on any atom is -0.378 e. The van der Waals surface area contributed by atoms with Crippen LogP contribution in [-0.2, 0) is 11.2 Å². The molecule has 1 fully saturated rings. The number of morpholine rings is 1. The molecule has 0 saturated carbocycles. The van der Waals surface area contributed by atoms with Gasteiger partial charge in [-0.05, 0) is 18.9 Å². The second-order valence-electron chi connectivity index (χ2n) is 4.43. The van der Waals surface area contributed by atoms with E-state index < -0.39 is 0 Å².